The van der Waals surface area contributed by atoms with Crippen molar-refractivity contribution in [3.63, 3.8) is 0 Å². The maximum atomic E-state index is 6.23. The molecule has 0 amide bonds. The van der Waals surface area contributed by atoms with Gasteiger partial charge in [0.2, 0.25) is 0 Å². The summed E-state index contributed by atoms with van der Waals surface area (Å²) in [5, 5.41) is 9.84. The summed E-state index contributed by atoms with van der Waals surface area (Å²) in [6, 6.07) is 76.5. The maximum absolute atomic E-state index is 6.23. The van der Waals surface area contributed by atoms with Crippen molar-refractivity contribution in [2.75, 3.05) is 4.90 Å². The molecule has 0 unspecified atom stereocenters. The third kappa shape index (κ3) is 5.42. The number of anilines is 3. The first-order valence-corrected chi connectivity index (χ1v) is 19.2. The normalized spacial score (nSPS) is 11.6. The van der Waals surface area contributed by atoms with Crippen LogP contribution in [0, 0.1) is 0 Å². The summed E-state index contributed by atoms with van der Waals surface area (Å²) in [6.45, 7) is 0. The summed E-state index contributed by atoms with van der Waals surface area (Å²) < 4.78 is 6.23. The zero-order valence-corrected chi connectivity index (χ0v) is 30.6. The van der Waals surface area contributed by atoms with Crippen LogP contribution in [-0.4, -0.2) is 0 Å². The lowest BCUT2D eigenvalue weighted by Crippen LogP contribution is -2.09. The Morgan fingerprint density at radius 1 is 0.286 bits per heavy atom. The second-order valence-electron chi connectivity index (χ2n) is 14.5. The summed E-state index contributed by atoms with van der Waals surface area (Å²) in [5.41, 5.74) is 12.2. The summed E-state index contributed by atoms with van der Waals surface area (Å²) in [4.78, 5) is 2.35. The molecule has 262 valence electrons. The van der Waals surface area contributed by atoms with E-state index in [4.69, 9.17) is 4.42 Å². The van der Waals surface area contributed by atoms with Crippen LogP contribution in [0.25, 0.3) is 87.6 Å². The molecule has 0 N–H and O–H groups in total. The molecule has 2 nitrogen and oxygen atoms in total. The number of rotatable bonds is 6. The Hall–Kier alpha value is -7.42. The lowest BCUT2D eigenvalue weighted by atomic mass is 9.93. The van der Waals surface area contributed by atoms with Crippen LogP contribution in [0.4, 0.5) is 17.1 Å². The molecule has 0 spiro atoms. The van der Waals surface area contributed by atoms with E-state index in [1.165, 1.54) is 54.6 Å². The number of hydrogen-bond donors (Lipinski definition) is 0. The van der Waals surface area contributed by atoms with Gasteiger partial charge in [0.05, 0.1) is 0 Å². The number of benzene rings is 10. The monoisotopic (exact) mass is 713 g/mol. The Bertz CT molecular complexity index is 3230. The second-order valence-corrected chi connectivity index (χ2v) is 14.5. The van der Waals surface area contributed by atoms with Crippen LogP contribution in [-0.2, 0) is 0 Å². The average Bonchev–Trinajstić information content (AvgIpc) is 3.66. The van der Waals surface area contributed by atoms with Gasteiger partial charge in [-0.05, 0) is 126 Å². The Balaban J connectivity index is 1.01. The molecule has 0 aliphatic heterocycles. The smallest absolute Gasteiger partial charge is 0.136 e. The minimum atomic E-state index is 0.903. The van der Waals surface area contributed by atoms with Crippen LogP contribution in [0.3, 0.4) is 0 Å². The third-order valence-corrected chi connectivity index (χ3v) is 11.3. The second kappa shape index (κ2) is 13.2. The van der Waals surface area contributed by atoms with Crippen molar-refractivity contribution in [3.05, 3.63) is 212 Å². The molecule has 0 aliphatic carbocycles. The molecule has 0 atom stereocenters. The zero-order chi connectivity index (χ0) is 37.0. The van der Waals surface area contributed by atoms with E-state index in [1.54, 1.807) is 0 Å². The van der Waals surface area contributed by atoms with Crippen LogP contribution in [0.5, 0.6) is 0 Å². The molecular weight excluding hydrogens is 679 g/mol. The number of para-hydroxylation sites is 1. The summed E-state index contributed by atoms with van der Waals surface area (Å²) in [7, 11) is 0. The number of fused-ring (bicyclic) bond motifs is 7. The van der Waals surface area contributed by atoms with Crippen LogP contribution in [0.2, 0.25) is 0 Å². The van der Waals surface area contributed by atoms with Gasteiger partial charge in [0.1, 0.15) is 11.2 Å². The van der Waals surface area contributed by atoms with Gasteiger partial charge in [-0.1, -0.05) is 152 Å². The Morgan fingerprint density at radius 2 is 0.804 bits per heavy atom. The molecule has 11 rings (SSSR count). The van der Waals surface area contributed by atoms with E-state index < -0.39 is 0 Å². The fourth-order valence-corrected chi connectivity index (χ4v) is 8.51. The average molecular weight is 714 g/mol. The van der Waals surface area contributed by atoms with Crippen molar-refractivity contribution in [2.24, 2.45) is 0 Å². The van der Waals surface area contributed by atoms with E-state index in [-0.39, 0.29) is 0 Å². The molecule has 11 aromatic rings. The molecule has 2 heteroatoms. The molecule has 0 bridgehead atoms. The zero-order valence-electron chi connectivity index (χ0n) is 30.6. The van der Waals surface area contributed by atoms with Gasteiger partial charge in [-0.15, -0.1) is 0 Å². The van der Waals surface area contributed by atoms with Crippen molar-refractivity contribution in [3.8, 4) is 33.4 Å². The topological polar surface area (TPSA) is 16.4 Å². The summed E-state index contributed by atoms with van der Waals surface area (Å²) in [6.07, 6.45) is 0. The molecule has 0 saturated carbocycles. The lowest BCUT2D eigenvalue weighted by Gasteiger charge is -2.26. The molecule has 0 aliphatic rings. The number of nitrogens with zero attached hydrogens (tertiary/aromatic N) is 1. The van der Waals surface area contributed by atoms with Gasteiger partial charge in [-0.25, -0.2) is 0 Å². The highest BCUT2D eigenvalue weighted by atomic mass is 16.3. The molecular formula is C54H35NO. The molecule has 0 saturated heterocycles. The van der Waals surface area contributed by atoms with Crippen LogP contribution in [0.1, 0.15) is 0 Å². The maximum Gasteiger partial charge on any atom is 0.136 e. The first kappa shape index (κ1) is 32.0. The van der Waals surface area contributed by atoms with Gasteiger partial charge in [0, 0.05) is 27.8 Å². The molecule has 56 heavy (non-hydrogen) atoms. The van der Waals surface area contributed by atoms with E-state index >= 15 is 0 Å². The van der Waals surface area contributed by atoms with Crippen LogP contribution in [0.15, 0.2) is 217 Å². The number of hydrogen-bond acceptors (Lipinski definition) is 2. The van der Waals surface area contributed by atoms with Gasteiger partial charge >= 0.3 is 0 Å². The van der Waals surface area contributed by atoms with Gasteiger partial charge < -0.3 is 9.32 Å². The van der Waals surface area contributed by atoms with Gasteiger partial charge in [-0.3, -0.25) is 0 Å². The van der Waals surface area contributed by atoms with Gasteiger partial charge in [0.15, 0.2) is 0 Å². The van der Waals surface area contributed by atoms with Gasteiger partial charge in [-0.2, -0.15) is 0 Å². The van der Waals surface area contributed by atoms with E-state index in [0.717, 1.165) is 50.1 Å². The standard InChI is InChI=1S/C54H35NO/c1-2-11-40-34-41(21-20-36(40)10-1)37-22-28-43(29-23-37)55(44-30-24-38(25-31-44)47-17-9-19-53-54(47)50-16-7-8-18-52(50)56-53)45-32-26-39(27-33-45)51-35-42-12-3-4-13-46(42)48-14-5-6-15-49(48)51/h1-35H. The highest BCUT2D eigenvalue weighted by Gasteiger charge is 2.17. The summed E-state index contributed by atoms with van der Waals surface area (Å²) in [5.74, 6) is 0. The third-order valence-electron chi connectivity index (χ3n) is 11.3. The first-order valence-electron chi connectivity index (χ1n) is 19.2. The van der Waals surface area contributed by atoms with Crippen molar-refractivity contribution in [2.45, 2.75) is 0 Å². The van der Waals surface area contributed by atoms with E-state index in [0.29, 0.717) is 0 Å². The fraction of sp³-hybridized carbons (Fsp3) is 0. The van der Waals surface area contributed by atoms with Crippen molar-refractivity contribution in [1.29, 1.82) is 0 Å². The lowest BCUT2D eigenvalue weighted by molar-refractivity contribution is 0.669. The largest absolute Gasteiger partial charge is 0.456 e. The highest BCUT2D eigenvalue weighted by Crippen LogP contribution is 2.41. The van der Waals surface area contributed by atoms with Crippen molar-refractivity contribution < 1.29 is 4.42 Å². The number of furan rings is 1. The minimum Gasteiger partial charge on any atom is -0.456 e. The fourth-order valence-electron chi connectivity index (χ4n) is 8.51. The van der Waals surface area contributed by atoms with Crippen LogP contribution < -0.4 is 4.90 Å². The molecule has 1 aromatic heterocycles. The quantitative estimate of drug-likeness (QED) is 0.160. The molecule has 0 fully saturated rings. The van der Waals surface area contributed by atoms with E-state index in [1.807, 2.05) is 12.1 Å². The predicted octanol–water partition coefficient (Wildman–Crippen LogP) is 15.5. The van der Waals surface area contributed by atoms with Crippen molar-refractivity contribution >= 4 is 71.3 Å². The van der Waals surface area contributed by atoms with E-state index in [2.05, 4.69) is 205 Å². The highest BCUT2D eigenvalue weighted by molar-refractivity contribution is 6.14. The summed E-state index contributed by atoms with van der Waals surface area (Å²) >= 11 is 0. The molecule has 0 radical (unpaired) electrons. The molecule has 1 heterocycles. The Labute approximate surface area is 325 Å². The Morgan fingerprint density at radius 3 is 1.52 bits per heavy atom. The minimum absolute atomic E-state index is 0.903. The predicted molar refractivity (Wildman–Crippen MR) is 237 cm³/mol. The van der Waals surface area contributed by atoms with Crippen LogP contribution >= 0.6 is 0 Å². The first-order chi connectivity index (χ1) is 27.7. The Kier molecular flexibility index (Phi) is 7.53. The van der Waals surface area contributed by atoms with E-state index in [9.17, 15) is 0 Å². The van der Waals surface area contributed by atoms with Crippen molar-refractivity contribution in [1.82, 2.24) is 0 Å². The molecule has 10 aromatic carbocycles. The SMILES string of the molecule is c1ccc2cc(-c3ccc(N(c4ccc(-c5cc6ccccc6c6ccccc56)cc4)c4ccc(-c5cccc6oc7ccccc7c56)cc4)cc3)ccc2c1. The van der Waals surface area contributed by atoms with Gasteiger partial charge in [0.25, 0.3) is 0 Å².